The Morgan fingerprint density at radius 2 is 1.74 bits per heavy atom. The summed E-state index contributed by atoms with van der Waals surface area (Å²) in [5.74, 6) is 1.35. The van der Waals surface area contributed by atoms with Crippen molar-refractivity contribution in [3.8, 4) is 0 Å². The van der Waals surface area contributed by atoms with Gasteiger partial charge in [-0.15, -0.1) is 0 Å². The minimum absolute atomic E-state index is 0.0817. The highest BCUT2D eigenvalue weighted by Crippen LogP contribution is 2.32. The van der Waals surface area contributed by atoms with E-state index in [2.05, 4.69) is 17.5 Å². The topological polar surface area (TPSA) is 32.3 Å². The van der Waals surface area contributed by atoms with Crippen molar-refractivity contribution in [2.75, 3.05) is 13.1 Å². The highest BCUT2D eigenvalue weighted by molar-refractivity contribution is 5.74. The van der Waals surface area contributed by atoms with Crippen LogP contribution in [0.15, 0.2) is 42.5 Å². The maximum atomic E-state index is 12.2. The minimum atomic E-state index is 0.0817. The van der Waals surface area contributed by atoms with Crippen LogP contribution in [0.4, 0.5) is 4.79 Å². The van der Waals surface area contributed by atoms with Crippen LogP contribution in [0.1, 0.15) is 18.4 Å². The normalized spacial score (nSPS) is 25.2. The van der Waals surface area contributed by atoms with E-state index >= 15 is 0 Å². The predicted molar refractivity (Wildman–Crippen MR) is 75.6 cm³/mol. The Bertz CT molecular complexity index is 453. The summed E-state index contributed by atoms with van der Waals surface area (Å²) in [6.07, 6.45) is 6.78. The Balaban J connectivity index is 1.52. The SMILES string of the molecule is O=C(NCc1ccccc1)N1CC2CC=CCC2C1. The van der Waals surface area contributed by atoms with Crippen molar-refractivity contribution >= 4 is 6.03 Å². The summed E-state index contributed by atoms with van der Waals surface area (Å²) < 4.78 is 0. The number of nitrogens with one attached hydrogen (secondary N) is 1. The number of fused-ring (bicyclic) bond motifs is 1. The van der Waals surface area contributed by atoms with Gasteiger partial charge in [-0.25, -0.2) is 4.79 Å². The third kappa shape index (κ3) is 2.80. The fraction of sp³-hybridized carbons (Fsp3) is 0.438. The summed E-state index contributed by atoms with van der Waals surface area (Å²) >= 11 is 0. The molecule has 3 nitrogen and oxygen atoms in total. The number of nitrogens with zero attached hydrogens (tertiary/aromatic N) is 1. The molecule has 1 N–H and O–H groups in total. The molecule has 1 saturated heterocycles. The minimum Gasteiger partial charge on any atom is -0.334 e. The van der Waals surface area contributed by atoms with E-state index in [-0.39, 0.29) is 6.03 Å². The summed E-state index contributed by atoms with van der Waals surface area (Å²) in [5, 5.41) is 3.02. The van der Waals surface area contributed by atoms with Crippen LogP contribution in [0.25, 0.3) is 0 Å². The molecule has 2 atom stereocenters. The molecule has 0 saturated carbocycles. The van der Waals surface area contributed by atoms with Gasteiger partial charge in [0.25, 0.3) is 0 Å². The lowest BCUT2D eigenvalue weighted by Gasteiger charge is -2.17. The number of rotatable bonds is 2. The molecule has 2 unspecified atom stereocenters. The van der Waals surface area contributed by atoms with Gasteiger partial charge in [0.2, 0.25) is 0 Å². The zero-order chi connectivity index (χ0) is 13.1. The summed E-state index contributed by atoms with van der Waals surface area (Å²) in [6.45, 7) is 2.44. The number of urea groups is 1. The second kappa shape index (κ2) is 5.47. The van der Waals surface area contributed by atoms with Gasteiger partial charge in [0.15, 0.2) is 0 Å². The Morgan fingerprint density at radius 1 is 1.11 bits per heavy atom. The zero-order valence-electron chi connectivity index (χ0n) is 11.1. The average Bonchev–Trinajstić information content (AvgIpc) is 2.90. The summed E-state index contributed by atoms with van der Waals surface area (Å²) in [4.78, 5) is 14.1. The molecule has 0 radical (unpaired) electrons. The third-order valence-electron chi connectivity index (χ3n) is 4.19. The lowest BCUT2D eigenvalue weighted by Crippen LogP contribution is -2.38. The number of carbonyl (C=O) groups excluding carboxylic acids is 1. The number of hydrogen-bond acceptors (Lipinski definition) is 1. The van der Waals surface area contributed by atoms with Crippen LogP contribution in [0.2, 0.25) is 0 Å². The quantitative estimate of drug-likeness (QED) is 0.811. The van der Waals surface area contributed by atoms with E-state index in [0.717, 1.165) is 31.5 Å². The maximum absolute atomic E-state index is 12.2. The fourth-order valence-corrected chi connectivity index (χ4v) is 3.07. The van der Waals surface area contributed by atoms with Crippen molar-refractivity contribution in [1.29, 1.82) is 0 Å². The van der Waals surface area contributed by atoms with Crippen molar-refractivity contribution in [3.05, 3.63) is 48.0 Å². The summed E-state index contributed by atoms with van der Waals surface area (Å²) in [7, 11) is 0. The molecular weight excluding hydrogens is 236 g/mol. The van der Waals surface area contributed by atoms with Gasteiger partial charge in [-0.05, 0) is 30.2 Å². The van der Waals surface area contributed by atoms with Crippen molar-refractivity contribution in [3.63, 3.8) is 0 Å². The first-order valence-corrected chi connectivity index (χ1v) is 7.04. The van der Waals surface area contributed by atoms with Crippen LogP contribution in [0.5, 0.6) is 0 Å². The number of likely N-dealkylation sites (tertiary alicyclic amines) is 1. The van der Waals surface area contributed by atoms with Crippen molar-refractivity contribution in [2.24, 2.45) is 11.8 Å². The molecule has 1 aliphatic carbocycles. The Hall–Kier alpha value is -1.77. The summed E-state index contributed by atoms with van der Waals surface area (Å²) in [5.41, 5.74) is 1.15. The predicted octanol–water partition coefficient (Wildman–Crippen LogP) is 2.79. The average molecular weight is 256 g/mol. The van der Waals surface area contributed by atoms with Crippen LogP contribution >= 0.6 is 0 Å². The van der Waals surface area contributed by atoms with Gasteiger partial charge in [0.05, 0.1) is 0 Å². The Morgan fingerprint density at radius 3 is 2.37 bits per heavy atom. The number of hydrogen-bond donors (Lipinski definition) is 1. The zero-order valence-corrected chi connectivity index (χ0v) is 11.1. The van der Waals surface area contributed by atoms with E-state index in [1.54, 1.807) is 0 Å². The molecule has 1 fully saturated rings. The monoisotopic (exact) mass is 256 g/mol. The molecular formula is C16H20N2O. The Labute approximate surface area is 114 Å². The molecule has 1 aromatic rings. The van der Waals surface area contributed by atoms with Crippen molar-refractivity contribution in [2.45, 2.75) is 19.4 Å². The Kier molecular flexibility index (Phi) is 3.53. The molecule has 1 heterocycles. The molecule has 1 aromatic carbocycles. The van der Waals surface area contributed by atoms with E-state index in [4.69, 9.17) is 0 Å². The third-order valence-corrected chi connectivity index (χ3v) is 4.19. The molecule has 3 heteroatoms. The molecule has 2 amide bonds. The van der Waals surface area contributed by atoms with Crippen LogP contribution in [0, 0.1) is 11.8 Å². The van der Waals surface area contributed by atoms with Crippen LogP contribution in [-0.2, 0) is 6.54 Å². The highest BCUT2D eigenvalue weighted by Gasteiger charge is 2.34. The van der Waals surface area contributed by atoms with Gasteiger partial charge in [-0.1, -0.05) is 42.5 Å². The largest absolute Gasteiger partial charge is 0.334 e. The molecule has 100 valence electrons. The van der Waals surface area contributed by atoms with Crippen molar-refractivity contribution in [1.82, 2.24) is 10.2 Å². The van der Waals surface area contributed by atoms with Crippen LogP contribution in [0.3, 0.4) is 0 Å². The number of allylic oxidation sites excluding steroid dienone is 2. The van der Waals surface area contributed by atoms with Gasteiger partial charge in [0, 0.05) is 19.6 Å². The van der Waals surface area contributed by atoms with Crippen LogP contribution < -0.4 is 5.32 Å². The molecule has 0 bridgehead atoms. The lowest BCUT2D eigenvalue weighted by atomic mass is 9.86. The van der Waals surface area contributed by atoms with E-state index in [1.807, 2.05) is 35.2 Å². The molecule has 0 aromatic heterocycles. The molecule has 19 heavy (non-hydrogen) atoms. The first-order valence-electron chi connectivity index (χ1n) is 7.04. The lowest BCUT2D eigenvalue weighted by molar-refractivity contribution is 0.206. The highest BCUT2D eigenvalue weighted by atomic mass is 16.2. The van der Waals surface area contributed by atoms with Gasteiger partial charge >= 0.3 is 6.03 Å². The maximum Gasteiger partial charge on any atom is 0.317 e. The van der Waals surface area contributed by atoms with E-state index in [9.17, 15) is 4.79 Å². The number of carbonyl (C=O) groups is 1. The fourth-order valence-electron chi connectivity index (χ4n) is 3.07. The molecule has 3 rings (SSSR count). The van der Waals surface area contributed by atoms with Crippen molar-refractivity contribution < 1.29 is 4.79 Å². The van der Waals surface area contributed by atoms with Gasteiger partial charge in [-0.3, -0.25) is 0 Å². The van der Waals surface area contributed by atoms with Gasteiger partial charge < -0.3 is 10.2 Å². The van der Waals surface area contributed by atoms with Crippen LogP contribution in [-0.4, -0.2) is 24.0 Å². The first-order chi connectivity index (χ1) is 9.33. The van der Waals surface area contributed by atoms with Gasteiger partial charge in [-0.2, -0.15) is 0 Å². The first kappa shape index (κ1) is 12.3. The standard InChI is InChI=1S/C16H20N2O/c19-16(17-10-13-6-2-1-3-7-13)18-11-14-8-4-5-9-15(14)12-18/h1-7,14-15H,8-12H2,(H,17,19). The number of benzene rings is 1. The van der Waals surface area contributed by atoms with E-state index < -0.39 is 0 Å². The molecule has 0 spiro atoms. The smallest absolute Gasteiger partial charge is 0.317 e. The molecule has 2 aliphatic rings. The van der Waals surface area contributed by atoms with E-state index in [0.29, 0.717) is 18.4 Å². The van der Waals surface area contributed by atoms with E-state index in [1.165, 1.54) is 0 Å². The van der Waals surface area contributed by atoms with Gasteiger partial charge in [0.1, 0.15) is 0 Å². The second-order valence-corrected chi connectivity index (χ2v) is 5.51. The second-order valence-electron chi connectivity index (χ2n) is 5.51. The summed E-state index contributed by atoms with van der Waals surface area (Å²) in [6, 6.07) is 10.1. The number of amides is 2. The molecule has 1 aliphatic heterocycles.